The van der Waals surface area contributed by atoms with Gasteiger partial charge in [-0.1, -0.05) is 0 Å². The number of nitrogens with one attached hydrogen (secondary N) is 1. The number of carboxylic acid groups (broad SMARTS) is 1. The molecule has 16 heteroatoms. The van der Waals surface area contributed by atoms with Crippen molar-refractivity contribution in [3.8, 4) is 5.69 Å². The lowest BCUT2D eigenvalue weighted by atomic mass is 10.1. The zero-order valence-corrected chi connectivity index (χ0v) is 21.7. The molecule has 2 amide bonds. The molecule has 1 aliphatic carbocycles. The Labute approximate surface area is 232 Å². The number of hydrogen-bond acceptors (Lipinski definition) is 5. The van der Waals surface area contributed by atoms with Crippen molar-refractivity contribution in [2.24, 2.45) is 5.92 Å². The summed E-state index contributed by atoms with van der Waals surface area (Å²) in [5.74, 6) is -8.30. The molecule has 1 saturated carbocycles. The van der Waals surface area contributed by atoms with Crippen LogP contribution in [0.25, 0.3) is 16.7 Å². The quantitative estimate of drug-likeness (QED) is 0.425. The van der Waals surface area contributed by atoms with E-state index in [9.17, 15) is 45.8 Å². The number of carbonyl (C=O) groups excluding carboxylic acids is 1. The molecule has 0 radical (unpaired) electrons. The lowest BCUT2D eigenvalue weighted by Crippen LogP contribution is -2.54. The van der Waals surface area contributed by atoms with Crippen molar-refractivity contribution >= 4 is 28.9 Å². The van der Waals surface area contributed by atoms with E-state index in [1.54, 1.807) is 12.2 Å². The molecule has 2 aromatic heterocycles. The summed E-state index contributed by atoms with van der Waals surface area (Å²) in [5.41, 5.74) is -3.86. The van der Waals surface area contributed by atoms with Crippen LogP contribution in [-0.2, 0) is 0 Å². The number of hydrogen-bond donors (Lipinski definition) is 2. The summed E-state index contributed by atoms with van der Waals surface area (Å²) >= 11 is 0. The fraction of sp³-hybridized carbons (Fsp3) is 0.385. The number of amides is 2. The topological polar surface area (TPSA) is 108 Å². The Morgan fingerprint density at radius 3 is 2.24 bits per heavy atom. The average molecular weight is 601 g/mol. The van der Waals surface area contributed by atoms with Crippen LogP contribution < -0.4 is 15.6 Å². The highest BCUT2D eigenvalue weighted by Crippen LogP contribution is 2.40. The van der Waals surface area contributed by atoms with Crippen molar-refractivity contribution in [3.05, 3.63) is 63.5 Å². The van der Waals surface area contributed by atoms with Crippen LogP contribution in [0, 0.1) is 29.2 Å². The third kappa shape index (κ3) is 5.32. The minimum absolute atomic E-state index is 0.0456. The van der Waals surface area contributed by atoms with Crippen LogP contribution >= 0.6 is 0 Å². The van der Waals surface area contributed by atoms with E-state index in [-0.39, 0.29) is 32.5 Å². The number of aromatic nitrogens is 2. The van der Waals surface area contributed by atoms with E-state index >= 15 is 4.39 Å². The average Bonchev–Trinajstić information content (AvgIpc) is 3.72. The number of fused-ring (bicyclic) bond motifs is 1. The van der Waals surface area contributed by atoms with Crippen LogP contribution in [0.1, 0.15) is 30.1 Å². The Bertz CT molecular complexity index is 1630. The number of benzene rings is 1. The van der Waals surface area contributed by atoms with Gasteiger partial charge in [0.25, 0.3) is 5.91 Å². The summed E-state index contributed by atoms with van der Waals surface area (Å²) in [6, 6.07) is -1.70. The lowest BCUT2D eigenvalue weighted by molar-refractivity contribution is -0.158. The smallest absolute Gasteiger partial charge is 0.408 e. The Morgan fingerprint density at radius 2 is 1.69 bits per heavy atom. The molecule has 2 fully saturated rings. The highest BCUT2D eigenvalue weighted by atomic mass is 19.4. The van der Waals surface area contributed by atoms with Gasteiger partial charge in [0.1, 0.15) is 23.1 Å². The highest BCUT2D eigenvalue weighted by Gasteiger charge is 2.50. The number of anilines is 1. The molecule has 1 saturated heterocycles. The molecule has 9 nitrogen and oxygen atoms in total. The Kier molecular flexibility index (Phi) is 7.27. The molecule has 5 rings (SSSR count). The predicted molar refractivity (Wildman–Crippen MR) is 134 cm³/mol. The van der Waals surface area contributed by atoms with E-state index in [0.29, 0.717) is 29.0 Å². The summed E-state index contributed by atoms with van der Waals surface area (Å²) in [4.78, 5) is 44.2. The van der Waals surface area contributed by atoms with E-state index in [0.717, 1.165) is 4.90 Å². The van der Waals surface area contributed by atoms with Gasteiger partial charge in [0.2, 0.25) is 5.43 Å². The first-order chi connectivity index (χ1) is 19.7. The number of halogens is 7. The molecular weight excluding hydrogens is 579 g/mol. The third-order valence-corrected chi connectivity index (χ3v) is 7.29. The van der Waals surface area contributed by atoms with E-state index in [4.69, 9.17) is 0 Å². The normalized spacial score (nSPS) is 18.3. The fourth-order valence-electron chi connectivity index (χ4n) is 5.08. The summed E-state index contributed by atoms with van der Waals surface area (Å²) in [6.07, 6.45) is -5.14. The first kappa shape index (κ1) is 29.1. The lowest BCUT2D eigenvalue weighted by Gasteiger charge is -2.38. The maximum absolute atomic E-state index is 15.4. The highest BCUT2D eigenvalue weighted by molar-refractivity contribution is 5.97. The van der Waals surface area contributed by atoms with Gasteiger partial charge in [-0.3, -0.25) is 14.2 Å². The predicted octanol–water partition coefficient (Wildman–Crippen LogP) is 4.20. The van der Waals surface area contributed by atoms with Crippen molar-refractivity contribution in [1.82, 2.24) is 19.8 Å². The molecule has 2 N–H and O–H groups in total. The van der Waals surface area contributed by atoms with E-state index in [2.05, 4.69) is 4.98 Å². The van der Waals surface area contributed by atoms with Crippen molar-refractivity contribution in [2.45, 2.75) is 38.0 Å². The van der Waals surface area contributed by atoms with Gasteiger partial charge in [-0.15, -0.1) is 0 Å². The maximum atomic E-state index is 15.4. The molecule has 2 atom stereocenters. The molecule has 0 spiro atoms. The van der Waals surface area contributed by atoms with Gasteiger partial charge >= 0.3 is 12.3 Å². The molecule has 1 aromatic carbocycles. The molecule has 42 heavy (non-hydrogen) atoms. The third-order valence-electron chi connectivity index (χ3n) is 7.29. The first-order valence-electron chi connectivity index (χ1n) is 12.7. The molecule has 224 valence electrons. The standard InChI is InChI=1S/C26H22F7N5O4/c1-11-9-36(4-5-37(11)25(41)42)23-18(30)8-14-20(39)15(24(40)34-21(12-2-3-12)26(31,32)33)10-38(22(14)35-23)19-16(28)6-13(27)7-17(19)29/h6-8,10-12,21H,2-5,9H2,1H3,(H,34,40)(H,41,42)/t11-,21?/m0/s1. The molecule has 1 aliphatic heterocycles. The van der Waals surface area contributed by atoms with Crippen LogP contribution in [0.4, 0.5) is 41.3 Å². The number of alkyl halides is 3. The molecule has 1 unspecified atom stereocenters. The van der Waals surface area contributed by atoms with E-state index < -0.39 is 93.0 Å². The summed E-state index contributed by atoms with van der Waals surface area (Å²) < 4.78 is 100. The van der Waals surface area contributed by atoms with Gasteiger partial charge in [-0.05, 0) is 31.7 Å². The zero-order chi connectivity index (χ0) is 30.7. The number of pyridine rings is 2. The zero-order valence-electron chi connectivity index (χ0n) is 21.7. The first-order valence-corrected chi connectivity index (χ1v) is 12.7. The number of rotatable bonds is 5. The van der Waals surface area contributed by atoms with Gasteiger partial charge < -0.3 is 20.2 Å². The number of piperazine rings is 1. The minimum atomic E-state index is -4.85. The second kappa shape index (κ2) is 10.5. The summed E-state index contributed by atoms with van der Waals surface area (Å²) in [7, 11) is 0. The molecule has 2 aliphatic rings. The monoisotopic (exact) mass is 601 g/mol. The summed E-state index contributed by atoms with van der Waals surface area (Å²) in [5, 5.41) is 10.4. The van der Waals surface area contributed by atoms with Crippen molar-refractivity contribution in [3.63, 3.8) is 0 Å². The van der Waals surface area contributed by atoms with Gasteiger partial charge in [0.15, 0.2) is 28.9 Å². The second-order valence-electron chi connectivity index (χ2n) is 10.2. The van der Waals surface area contributed by atoms with Crippen LogP contribution in [0.3, 0.4) is 0 Å². The van der Waals surface area contributed by atoms with Gasteiger partial charge in [0.05, 0.1) is 5.39 Å². The van der Waals surface area contributed by atoms with Crippen LogP contribution in [0.15, 0.2) is 29.2 Å². The number of nitrogens with zero attached hydrogens (tertiary/aromatic N) is 4. The fourth-order valence-corrected chi connectivity index (χ4v) is 5.08. The second-order valence-corrected chi connectivity index (χ2v) is 10.2. The molecular formula is C26H22F7N5O4. The molecule has 3 heterocycles. The maximum Gasteiger partial charge on any atom is 0.408 e. The van der Waals surface area contributed by atoms with E-state index in [1.807, 2.05) is 0 Å². The van der Waals surface area contributed by atoms with Gasteiger partial charge in [0, 0.05) is 44.0 Å². The SMILES string of the molecule is C[C@H]1CN(c2nc3c(cc2F)c(=O)c(C(=O)NC(C2CC2)C(F)(F)F)cn3-c2c(F)cc(F)cc2F)CCN1C(=O)O. The van der Waals surface area contributed by atoms with Crippen LogP contribution in [-0.4, -0.2) is 69.5 Å². The largest absolute Gasteiger partial charge is 0.465 e. The molecule has 3 aromatic rings. The van der Waals surface area contributed by atoms with Crippen molar-refractivity contribution in [1.29, 1.82) is 0 Å². The summed E-state index contributed by atoms with van der Waals surface area (Å²) in [6.45, 7) is 1.41. The van der Waals surface area contributed by atoms with Crippen LogP contribution in [0.2, 0.25) is 0 Å². The van der Waals surface area contributed by atoms with Crippen molar-refractivity contribution in [2.75, 3.05) is 24.5 Å². The van der Waals surface area contributed by atoms with Gasteiger partial charge in [-0.25, -0.2) is 27.3 Å². The Hall–Kier alpha value is -4.37. The van der Waals surface area contributed by atoms with Gasteiger partial charge in [-0.2, -0.15) is 13.2 Å². The van der Waals surface area contributed by atoms with Crippen molar-refractivity contribution < 1.29 is 45.4 Å². The Balaban J connectivity index is 1.68. The minimum Gasteiger partial charge on any atom is -0.465 e. The molecule has 0 bridgehead atoms. The Morgan fingerprint density at radius 1 is 1.05 bits per heavy atom. The van der Waals surface area contributed by atoms with Crippen LogP contribution in [0.5, 0.6) is 0 Å². The van der Waals surface area contributed by atoms with E-state index in [1.165, 1.54) is 4.90 Å². The number of carbonyl (C=O) groups is 2.